The fourth-order valence-corrected chi connectivity index (χ4v) is 4.16. The van der Waals surface area contributed by atoms with E-state index in [1.165, 1.54) is 6.07 Å². The third-order valence-electron chi connectivity index (χ3n) is 5.91. The topological polar surface area (TPSA) is 108 Å². The summed E-state index contributed by atoms with van der Waals surface area (Å²) in [4.78, 5) is 22.2. The van der Waals surface area contributed by atoms with Gasteiger partial charge in [0.05, 0.1) is 36.5 Å². The summed E-state index contributed by atoms with van der Waals surface area (Å²) >= 11 is 0. The molecule has 0 radical (unpaired) electrons. The van der Waals surface area contributed by atoms with E-state index in [1.54, 1.807) is 0 Å². The Morgan fingerprint density at radius 3 is 2.97 bits per heavy atom. The molecule has 9 nitrogen and oxygen atoms in total. The zero-order valence-electron chi connectivity index (χ0n) is 19.7. The van der Waals surface area contributed by atoms with Crippen molar-refractivity contribution in [3.05, 3.63) is 71.3 Å². The van der Waals surface area contributed by atoms with Crippen molar-refractivity contribution < 1.29 is 23.0 Å². The number of rotatable bonds is 8. The lowest BCUT2D eigenvalue weighted by Crippen LogP contribution is -2.42. The largest absolute Gasteiger partial charge is 0.493 e. The lowest BCUT2D eigenvalue weighted by atomic mass is 10.2. The average Bonchev–Trinajstić information content (AvgIpc) is 3.47. The molecule has 5 rings (SSSR count). The Balaban J connectivity index is 1.11. The van der Waals surface area contributed by atoms with Crippen molar-refractivity contribution in [3.63, 3.8) is 0 Å². The van der Waals surface area contributed by atoms with Crippen molar-refractivity contribution in [1.82, 2.24) is 25.1 Å². The van der Waals surface area contributed by atoms with Gasteiger partial charge in [-0.3, -0.25) is 14.8 Å². The second-order valence-corrected chi connectivity index (χ2v) is 8.69. The number of nitrogens with zero attached hydrogens (tertiary/aromatic N) is 3. The third kappa shape index (κ3) is 5.69. The molecule has 1 saturated heterocycles. The molecule has 188 valence electrons. The summed E-state index contributed by atoms with van der Waals surface area (Å²) < 4.78 is 37.7. The molecule has 0 aliphatic carbocycles. The van der Waals surface area contributed by atoms with Crippen molar-refractivity contribution >= 4 is 22.6 Å². The first-order valence-corrected chi connectivity index (χ1v) is 11.6. The number of hydrogen-bond donors (Lipinski definition) is 3. The quantitative estimate of drug-likeness (QED) is 0.345. The number of imidazole rings is 1. The van der Waals surface area contributed by atoms with E-state index >= 15 is 0 Å². The van der Waals surface area contributed by atoms with E-state index in [2.05, 4.69) is 25.5 Å². The summed E-state index contributed by atoms with van der Waals surface area (Å²) in [5.74, 6) is -0.880. The smallest absolute Gasteiger partial charge is 0.238 e. The van der Waals surface area contributed by atoms with Gasteiger partial charge in [-0.25, -0.2) is 13.8 Å². The summed E-state index contributed by atoms with van der Waals surface area (Å²) in [5.41, 5.74) is 4.01. The molecule has 3 heterocycles. The molecule has 1 aliphatic rings. The number of anilines is 1. The van der Waals surface area contributed by atoms with E-state index < -0.39 is 11.6 Å². The number of ether oxygens (including phenoxy) is 2. The molecular weight excluding hydrogens is 470 g/mol. The molecule has 1 fully saturated rings. The molecule has 11 heteroatoms. The Bertz CT molecular complexity index is 1370. The Hall–Kier alpha value is -3.83. The molecule has 0 spiro atoms. The van der Waals surface area contributed by atoms with Crippen molar-refractivity contribution in [1.29, 1.82) is 0 Å². The van der Waals surface area contributed by atoms with E-state index in [9.17, 15) is 13.6 Å². The van der Waals surface area contributed by atoms with Gasteiger partial charge >= 0.3 is 0 Å². The fourth-order valence-electron chi connectivity index (χ4n) is 4.16. The van der Waals surface area contributed by atoms with Crippen LogP contribution in [0.5, 0.6) is 5.75 Å². The lowest BCUT2D eigenvalue weighted by molar-refractivity contribution is -0.119. The number of morpholine rings is 1. The second kappa shape index (κ2) is 10.4. The molecule has 0 bridgehead atoms. The van der Waals surface area contributed by atoms with Crippen LogP contribution in [0.25, 0.3) is 11.0 Å². The number of carbonyl (C=O) groups is 1. The molecule has 3 N–H and O–H groups in total. The number of amides is 1. The first-order chi connectivity index (χ1) is 17.4. The summed E-state index contributed by atoms with van der Waals surface area (Å²) in [7, 11) is 0. The van der Waals surface area contributed by atoms with E-state index in [1.807, 2.05) is 36.1 Å². The van der Waals surface area contributed by atoms with Crippen LogP contribution in [0.1, 0.15) is 23.3 Å². The van der Waals surface area contributed by atoms with Gasteiger partial charge in [-0.2, -0.15) is 5.10 Å². The van der Waals surface area contributed by atoms with Crippen LogP contribution in [0, 0.1) is 18.6 Å². The summed E-state index contributed by atoms with van der Waals surface area (Å²) in [6.07, 6.45) is 0.235. The van der Waals surface area contributed by atoms with Gasteiger partial charge in [0.1, 0.15) is 17.7 Å². The molecular formula is C25H26F2N6O3. The van der Waals surface area contributed by atoms with E-state index in [0.717, 1.165) is 40.4 Å². The highest BCUT2D eigenvalue weighted by atomic mass is 19.2. The SMILES string of the molecule is Cc1nc2ccc(NC(=O)CN3CCO[C@H](c4cc(CCOc5ccc(F)c(F)c5)[nH]n4)C3)cc2[nH]1. The number of carbonyl (C=O) groups excluding carboxylic acids is 1. The van der Waals surface area contributed by atoms with Crippen molar-refractivity contribution in [2.24, 2.45) is 0 Å². The van der Waals surface area contributed by atoms with E-state index in [-0.39, 0.29) is 30.9 Å². The minimum atomic E-state index is -0.946. The van der Waals surface area contributed by atoms with Crippen molar-refractivity contribution in [3.8, 4) is 5.75 Å². The molecule has 1 aliphatic heterocycles. The Morgan fingerprint density at radius 1 is 1.22 bits per heavy atom. The normalized spacial score (nSPS) is 16.4. The molecule has 4 aromatic rings. The molecule has 1 amide bonds. The first-order valence-electron chi connectivity index (χ1n) is 11.6. The average molecular weight is 497 g/mol. The number of hydrogen-bond acceptors (Lipinski definition) is 6. The fraction of sp³-hybridized carbons (Fsp3) is 0.320. The van der Waals surface area contributed by atoms with E-state index in [4.69, 9.17) is 9.47 Å². The van der Waals surface area contributed by atoms with Gasteiger partial charge in [0.25, 0.3) is 0 Å². The maximum absolute atomic E-state index is 13.3. The van der Waals surface area contributed by atoms with E-state index in [0.29, 0.717) is 31.8 Å². The standard InChI is InChI=1S/C25H26F2N6O3/c1-15-28-21-5-2-16(10-22(21)29-15)30-25(34)14-33-7-9-36-24(13-33)23-11-17(31-32-23)6-8-35-18-3-4-19(26)20(27)12-18/h2-5,10-12,24H,6-9,13-14H2,1H3,(H,28,29)(H,30,34)(H,31,32)/t24-/m0/s1. The molecule has 0 unspecified atom stereocenters. The number of aromatic amines is 2. The number of aromatic nitrogens is 4. The zero-order valence-corrected chi connectivity index (χ0v) is 19.7. The van der Waals surface area contributed by atoms with Gasteiger partial charge in [-0.1, -0.05) is 0 Å². The van der Waals surface area contributed by atoms with Crippen LogP contribution in [-0.4, -0.2) is 63.8 Å². The molecule has 0 saturated carbocycles. The highest BCUT2D eigenvalue weighted by Gasteiger charge is 2.25. The lowest BCUT2D eigenvalue weighted by Gasteiger charge is -2.31. The van der Waals surface area contributed by atoms with Gasteiger partial charge in [0.2, 0.25) is 5.91 Å². The number of nitrogens with one attached hydrogen (secondary N) is 3. The molecule has 2 aromatic carbocycles. The number of aryl methyl sites for hydroxylation is 1. The van der Waals surface area contributed by atoms with Crippen LogP contribution in [0.2, 0.25) is 0 Å². The molecule has 36 heavy (non-hydrogen) atoms. The van der Waals surface area contributed by atoms with Crippen molar-refractivity contribution in [2.75, 3.05) is 38.2 Å². The Kier molecular flexibility index (Phi) is 6.92. The zero-order chi connectivity index (χ0) is 25.1. The van der Waals surface area contributed by atoms with Gasteiger partial charge in [0, 0.05) is 37.0 Å². The molecule has 2 aromatic heterocycles. The number of halogens is 2. The van der Waals surface area contributed by atoms with Gasteiger partial charge < -0.3 is 19.8 Å². The minimum Gasteiger partial charge on any atom is -0.493 e. The van der Waals surface area contributed by atoms with Gasteiger partial charge in [0.15, 0.2) is 11.6 Å². The van der Waals surface area contributed by atoms with Crippen LogP contribution in [0.4, 0.5) is 14.5 Å². The summed E-state index contributed by atoms with van der Waals surface area (Å²) in [5, 5.41) is 10.3. The number of benzene rings is 2. The van der Waals surface area contributed by atoms with Crippen LogP contribution in [-0.2, 0) is 16.0 Å². The maximum atomic E-state index is 13.3. The summed E-state index contributed by atoms with van der Waals surface area (Å²) in [6, 6.07) is 10.9. The Labute approximate surface area is 205 Å². The predicted molar refractivity (Wildman–Crippen MR) is 129 cm³/mol. The van der Waals surface area contributed by atoms with Crippen LogP contribution in [0.15, 0.2) is 42.5 Å². The van der Waals surface area contributed by atoms with Gasteiger partial charge in [-0.05, 0) is 43.3 Å². The highest BCUT2D eigenvalue weighted by Crippen LogP contribution is 2.22. The van der Waals surface area contributed by atoms with Crippen LogP contribution < -0.4 is 10.1 Å². The van der Waals surface area contributed by atoms with Crippen molar-refractivity contribution in [2.45, 2.75) is 19.4 Å². The highest BCUT2D eigenvalue weighted by molar-refractivity contribution is 5.94. The monoisotopic (exact) mass is 496 g/mol. The van der Waals surface area contributed by atoms with Crippen LogP contribution >= 0.6 is 0 Å². The Morgan fingerprint density at radius 2 is 2.11 bits per heavy atom. The molecule has 1 atom stereocenters. The second-order valence-electron chi connectivity index (χ2n) is 8.69. The first kappa shape index (κ1) is 23.9. The predicted octanol–water partition coefficient (Wildman–Crippen LogP) is 3.51. The third-order valence-corrected chi connectivity index (χ3v) is 5.91. The number of fused-ring (bicyclic) bond motifs is 1. The maximum Gasteiger partial charge on any atom is 0.238 e. The number of H-pyrrole nitrogens is 2. The minimum absolute atomic E-state index is 0.108. The summed E-state index contributed by atoms with van der Waals surface area (Å²) in [6.45, 7) is 4.05. The van der Waals surface area contributed by atoms with Crippen LogP contribution in [0.3, 0.4) is 0 Å². The van der Waals surface area contributed by atoms with Gasteiger partial charge in [-0.15, -0.1) is 0 Å².